The highest BCUT2D eigenvalue weighted by atomic mass is 32.2. The lowest BCUT2D eigenvalue weighted by Gasteiger charge is -2.20. The summed E-state index contributed by atoms with van der Waals surface area (Å²) in [6.45, 7) is 4.13. The van der Waals surface area contributed by atoms with Crippen LogP contribution in [0.25, 0.3) is 0 Å². The van der Waals surface area contributed by atoms with Gasteiger partial charge in [-0.05, 0) is 19.1 Å². The van der Waals surface area contributed by atoms with Crippen LogP contribution in [0.15, 0.2) is 29.2 Å². The van der Waals surface area contributed by atoms with Gasteiger partial charge in [-0.3, -0.25) is 4.18 Å². The third-order valence-corrected chi connectivity index (χ3v) is 5.97. The summed E-state index contributed by atoms with van der Waals surface area (Å²) in [5.74, 6) is 0. The van der Waals surface area contributed by atoms with Gasteiger partial charge in [0.15, 0.2) is 0 Å². The van der Waals surface area contributed by atoms with Gasteiger partial charge in [-0.25, -0.2) is 0 Å². The average Bonchev–Trinajstić information content (AvgIpc) is 2.81. The standard InChI is InChI=1S/C22H38O10S/c1-18-6-8-22(9-7-18)33(23,24)32-17-21(28-5)16-31-15-20(27-4)14-30-13-19(26-3)12-29-11-10-25-2/h6-9,19-21H,10-17H2,1-5H3. The molecule has 0 radical (unpaired) electrons. The number of rotatable bonds is 20. The second-order valence-corrected chi connectivity index (χ2v) is 8.88. The van der Waals surface area contributed by atoms with E-state index in [-0.39, 0.29) is 36.9 Å². The van der Waals surface area contributed by atoms with E-state index in [1.165, 1.54) is 19.2 Å². The molecule has 0 fully saturated rings. The van der Waals surface area contributed by atoms with Crippen molar-refractivity contribution in [2.24, 2.45) is 0 Å². The minimum Gasteiger partial charge on any atom is -0.382 e. The second-order valence-electron chi connectivity index (χ2n) is 7.27. The molecule has 0 saturated heterocycles. The Kier molecular flexibility index (Phi) is 15.7. The van der Waals surface area contributed by atoms with Gasteiger partial charge in [0, 0.05) is 28.4 Å². The molecule has 0 saturated carbocycles. The first kappa shape index (κ1) is 29.9. The van der Waals surface area contributed by atoms with Crippen LogP contribution in [0.3, 0.4) is 0 Å². The van der Waals surface area contributed by atoms with Gasteiger partial charge in [-0.2, -0.15) is 8.42 Å². The highest BCUT2D eigenvalue weighted by molar-refractivity contribution is 7.86. The highest BCUT2D eigenvalue weighted by Gasteiger charge is 2.19. The lowest BCUT2D eigenvalue weighted by atomic mass is 10.2. The molecule has 0 aliphatic rings. The third kappa shape index (κ3) is 12.8. The zero-order chi connectivity index (χ0) is 24.5. The van der Waals surface area contributed by atoms with Crippen LogP contribution in [0.1, 0.15) is 5.56 Å². The van der Waals surface area contributed by atoms with E-state index < -0.39 is 16.2 Å². The van der Waals surface area contributed by atoms with Crippen molar-refractivity contribution in [2.45, 2.75) is 30.1 Å². The van der Waals surface area contributed by atoms with Crippen molar-refractivity contribution < 1.29 is 45.8 Å². The SMILES string of the molecule is COCCOCC(COCC(COCC(COS(=O)(=O)c1ccc(C)cc1)OC)OC)OC. The Bertz CT molecular complexity index is 710. The maximum atomic E-state index is 12.3. The smallest absolute Gasteiger partial charge is 0.297 e. The molecule has 1 aromatic carbocycles. The van der Waals surface area contributed by atoms with Crippen molar-refractivity contribution in [3.8, 4) is 0 Å². The van der Waals surface area contributed by atoms with Crippen LogP contribution >= 0.6 is 0 Å². The minimum absolute atomic E-state index is 0.0962. The lowest BCUT2D eigenvalue weighted by Crippen LogP contribution is -2.32. The van der Waals surface area contributed by atoms with Gasteiger partial charge in [-0.1, -0.05) is 17.7 Å². The number of ether oxygens (including phenoxy) is 7. The Labute approximate surface area is 197 Å². The highest BCUT2D eigenvalue weighted by Crippen LogP contribution is 2.14. The summed E-state index contributed by atoms with van der Waals surface area (Å²) in [6, 6.07) is 6.44. The summed E-state index contributed by atoms with van der Waals surface area (Å²) < 4.78 is 67.4. The molecule has 0 N–H and O–H groups in total. The van der Waals surface area contributed by atoms with Gasteiger partial charge in [0.2, 0.25) is 0 Å². The maximum absolute atomic E-state index is 12.3. The number of hydrogen-bond acceptors (Lipinski definition) is 10. The third-order valence-electron chi connectivity index (χ3n) is 4.67. The molecule has 0 amide bonds. The molecule has 11 heteroatoms. The van der Waals surface area contributed by atoms with Crippen molar-refractivity contribution in [1.82, 2.24) is 0 Å². The zero-order valence-electron chi connectivity index (χ0n) is 20.2. The van der Waals surface area contributed by atoms with Gasteiger partial charge >= 0.3 is 0 Å². The number of aryl methyl sites for hydroxylation is 1. The molecule has 33 heavy (non-hydrogen) atoms. The molecule has 3 unspecified atom stereocenters. The van der Waals surface area contributed by atoms with Crippen molar-refractivity contribution >= 4 is 10.1 Å². The number of methoxy groups -OCH3 is 4. The largest absolute Gasteiger partial charge is 0.382 e. The van der Waals surface area contributed by atoms with Crippen LogP contribution in [0, 0.1) is 6.92 Å². The van der Waals surface area contributed by atoms with E-state index in [4.69, 9.17) is 37.3 Å². The molecular formula is C22H38O10S. The first-order chi connectivity index (χ1) is 15.9. The summed E-state index contributed by atoms with van der Waals surface area (Å²) in [4.78, 5) is 0.0962. The predicted molar refractivity (Wildman–Crippen MR) is 121 cm³/mol. The van der Waals surface area contributed by atoms with Gasteiger partial charge in [0.1, 0.15) is 18.3 Å². The van der Waals surface area contributed by atoms with Crippen LogP contribution in [0.2, 0.25) is 0 Å². The van der Waals surface area contributed by atoms with Crippen molar-refractivity contribution in [1.29, 1.82) is 0 Å². The van der Waals surface area contributed by atoms with Crippen LogP contribution in [-0.2, 0) is 47.5 Å². The van der Waals surface area contributed by atoms with E-state index >= 15 is 0 Å². The Morgan fingerprint density at radius 3 is 1.58 bits per heavy atom. The van der Waals surface area contributed by atoms with Crippen molar-refractivity contribution in [3.63, 3.8) is 0 Å². The molecule has 1 aromatic rings. The molecule has 0 bridgehead atoms. The van der Waals surface area contributed by atoms with Gasteiger partial charge in [-0.15, -0.1) is 0 Å². The normalized spacial score (nSPS) is 14.8. The lowest BCUT2D eigenvalue weighted by molar-refractivity contribution is -0.0888. The van der Waals surface area contributed by atoms with E-state index in [0.29, 0.717) is 33.0 Å². The summed E-state index contributed by atoms with van der Waals surface area (Å²) in [7, 11) is 2.36. The van der Waals surface area contributed by atoms with Crippen molar-refractivity contribution in [2.75, 3.05) is 81.3 Å². The Balaban J connectivity index is 2.32. The summed E-state index contributed by atoms with van der Waals surface area (Å²) in [6.07, 6.45) is -1.08. The van der Waals surface area contributed by atoms with E-state index in [2.05, 4.69) is 0 Å². The first-order valence-electron chi connectivity index (χ1n) is 10.6. The maximum Gasteiger partial charge on any atom is 0.297 e. The molecule has 3 atom stereocenters. The molecule has 1 rings (SSSR count). The molecule has 0 aromatic heterocycles. The molecular weight excluding hydrogens is 456 g/mol. The van der Waals surface area contributed by atoms with E-state index in [9.17, 15) is 8.42 Å². The topological polar surface area (TPSA) is 108 Å². The van der Waals surface area contributed by atoms with Gasteiger partial charge in [0.05, 0.1) is 57.8 Å². The monoisotopic (exact) mass is 494 g/mol. The zero-order valence-corrected chi connectivity index (χ0v) is 21.0. The molecule has 0 aliphatic heterocycles. The molecule has 10 nitrogen and oxygen atoms in total. The molecule has 0 aliphatic carbocycles. The van der Waals surface area contributed by atoms with E-state index in [0.717, 1.165) is 5.56 Å². The fraction of sp³-hybridized carbons (Fsp3) is 0.727. The van der Waals surface area contributed by atoms with Crippen LogP contribution in [0.4, 0.5) is 0 Å². The fourth-order valence-electron chi connectivity index (χ4n) is 2.51. The van der Waals surface area contributed by atoms with Crippen LogP contribution in [0.5, 0.6) is 0 Å². The molecule has 0 spiro atoms. The average molecular weight is 495 g/mol. The van der Waals surface area contributed by atoms with E-state index in [1.54, 1.807) is 33.5 Å². The van der Waals surface area contributed by atoms with Crippen molar-refractivity contribution in [3.05, 3.63) is 29.8 Å². The fourth-order valence-corrected chi connectivity index (χ4v) is 3.45. The Hall–Kier alpha value is -1.15. The molecule has 0 heterocycles. The molecule has 192 valence electrons. The summed E-state index contributed by atoms with van der Waals surface area (Å²) in [5.41, 5.74) is 0.960. The number of hydrogen-bond donors (Lipinski definition) is 0. The van der Waals surface area contributed by atoms with Gasteiger partial charge < -0.3 is 33.2 Å². The minimum atomic E-state index is -3.87. The quantitative estimate of drug-likeness (QED) is 0.195. The first-order valence-corrected chi connectivity index (χ1v) is 12.0. The Morgan fingerprint density at radius 1 is 0.667 bits per heavy atom. The number of benzene rings is 1. The Morgan fingerprint density at radius 2 is 1.12 bits per heavy atom. The predicted octanol–water partition coefficient (Wildman–Crippen LogP) is 1.44. The summed E-state index contributed by atoms with van der Waals surface area (Å²) >= 11 is 0. The summed E-state index contributed by atoms with van der Waals surface area (Å²) in [5, 5.41) is 0. The van der Waals surface area contributed by atoms with Crippen LogP contribution in [-0.4, -0.2) is 108 Å². The van der Waals surface area contributed by atoms with Crippen LogP contribution < -0.4 is 0 Å². The van der Waals surface area contributed by atoms with Gasteiger partial charge in [0.25, 0.3) is 10.1 Å². The van der Waals surface area contributed by atoms with E-state index in [1.807, 2.05) is 6.92 Å². The second kappa shape index (κ2) is 17.3.